The van der Waals surface area contributed by atoms with Crippen molar-refractivity contribution < 1.29 is 9.59 Å². The molecule has 2 heterocycles. The van der Waals surface area contributed by atoms with Gasteiger partial charge in [0.25, 0.3) is 5.91 Å². The second-order valence-electron chi connectivity index (χ2n) is 7.81. The Morgan fingerprint density at radius 1 is 1.18 bits per heavy atom. The predicted molar refractivity (Wildman–Crippen MR) is 115 cm³/mol. The Labute approximate surface area is 170 Å². The maximum Gasteiger partial charge on any atom is 0.251 e. The van der Waals surface area contributed by atoms with Gasteiger partial charge in [-0.1, -0.05) is 19.1 Å². The molecule has 0 bridgehead atoms. The fourth-order valence-corrected chi connectivity index (χ4v) is 4.19. The van der Waals surface area contributed by atoms with Crippen LogP contribution < -0.4 is 16.0 Å². The van der Waals surface area contributed by atoms with Gasteiger partial charge in [-0.3, -0.25) is 9.59 Å². The Bertz CT molecular complexity index is 783. The number of amides is 2. The van der Waals surface area contributed by atoms with Crippen molar-refractivity contribution in [3.8, 4) is 0 Å². The molecule has 0 unspecified atom stereocenters. The first kappa shape index (κ1) is 20.6. The van der Waals surface area contributed by atoms with Crippen LogP contribution in [0.25, 0.3) is 0 Å². The first-order chi connectivity index (χ1) is 13.5. The fourth-order valence-electron chi connectivity index (χ4n) is 3.44. The van der Waals surface area contributed by atoms with E-state index in [-0.39, 0.29) is 17.2 Å². The zero-order chi connectivity index (χ0) is 19.8. The molecule has 1 saturated heterocycles. The highest BCUT2D eigenvalue weighted by Crippen LogP contribution is 2.26. The van der Waals surface area contributed by atoms with Crippen LogP contribution in [0.1, 0.15) is 47.8 Å². The van der Waals surface area contributed by atoms with Gasteiger partial charge in [-0.2, -0.15) is 0 Å². The first-order valence-electron chi connectivity index (χ1n) is 9.95. The lowest BCUT2D eigenvalue weighted by molar-refractivity contribution is -0.116. The van der Waals surface area contributed by atoms with Crippen molar-refractivity contribution in [1.29, 1.82) is 0 Å². The summed E-state index contributed by atoms with van der Waals surface area (Å²) in [5.41, 5.74) is 1.39. The number of thiophene rings is 1. The normalized spacial score (nSPS) is 15.8. The van der Waals surface area contributed by atoms with Gasteiger partial charge in [-0.15, -0.1) is 11.3 Å². The average molecular weight is 400 g/mol. The number of carbonyl (C=O) groups is 2. The lowest BCUT2D eigenvalue weighted by Crippen LogP contribution is -2.42. The molecule has 2 amide bonds. The maximum absolute atomic E-state index is 12.5. The summed E-state index contributed by atoms with van der Waals surface area (Å²) < 4.78 is 0. The van der Waals surface area contributed by atoms with Crippen molar-refractivity contribution in [3.05, 3.63) is 52.2 Å². The minimum atomic E-state index is -0.0893. The minimum Gasteiger partial charge on any atom is -0.351 e. The molecule has 0 atom stereocenters. The third-order valence-electron chi connectivity index (χ3n) is 5.30. The Balaban J connectivity index is 1.47. The molecule has 0 aliphatic carbocycles. The molecule has 3 rings (SSSR count). The van der Waals surface area contributed by atoms with Crippen molar-refractivity contribution in [2.75, 3.05) is 25.0 Å². The van der Waals surface area contributed by atoms with Crippen LogP contribution >= 0.6 is 11.3 Å². The predicted octanol–water partition coefficient (Wildman–Crippen LogP) is 3.83. The minimum absolute atomic E-state index is 0.0173. The van der Waals surface area contributed by atoms with E-state index in [1.165, 1.54) is 4.88 Å². The SMILES string of the molecule is CC1(CNC(=O)c2cccc(NC(=O)CCCc3cccs3)c2)CCNCC1. The van der Waals surface area contributed by atoms with E-state index >= 15 is 0 Å². The summed E-state index contributed by atoms with van der Waals surface area (Å²) in [7, 11) is 0. The molecule has 1 aliphatic rings. The van der Waals surface area contributed by atoms with Gasteiger partial charge >= 0.3 is 0 Å². The first-order valence-corrected chi connectivity index (χ1v) is 10.8. The smallest absolute Gasteiger partial charge is 0.251 e. The number of benzene rings is 1. The molecule has 2 aromatic rings. The molecular formula is C22H29N3O2S. The summed E-state index contributed by atoms with van der Waals surface area (Å²) in [6, 6.07) is 11.3. The molecule has 6 heteroatoms. The Hall–Kier alpha value is -2.18. The highest BCUT2D eigenvalue weighted by molar-refractivity contribution is 7.09. The van der Waals surface area contributed by atoms with Gasteiger partial charge in [-0.25, -0.2) is 0 Å². The Morgan fingerprint density at radius 3 is 2.75 bits per heavy atom. The third kappa shape index (κ3) is 6.17. The van der Waals surface area contributed by atoms with Crippen molar-refractivity contribution in [3.63, 3.8) is 0 Å². The number of nitrogens with one attached hydrogen (secondary N) is 3. The van der Waals surface area contributed by atoms with Crippen molar-refractivity contribution in [1.82, 2.24) is 10.6 Å². The highest BCUT2D eigenvalue weighted by Gasteiger charge is 2.27. The molecular weight excluding hydrogens is 370 g/mol. The van der Waals surface area contributed by atoms with E-state index in [9.17, 15) is 9.59 Å². The van der Waals surface area contributed by atoms with Gasteiger partial charge in [0.2, 0.25) is 5.91 Å². The van der Waals surface area contributed by atoms with E-state index in [0.717, 1.165) is 38.8 Å². The summed E-state index contributed by atoms with van der Waals surface area (Å²) in [4.78, 5) is 26.0. The molecule has 0 spiro atoms. The van der Waals surface area contributed by atoms with Gasteiger partial charge in [-0.05, 0) is 73.8 Å². The molecule has 1 aliphatic heterocycles. The third-order valence-corrected chi connectivity index (χ3v) is 6.24. The van der Waals surface area contributed by atoms with Crippen LogP contribution in [0.4, 0.5) is 5.69 Å². The van der Waals surface area contributed by atoms with Crippen LogP contribution in [0, 0.1) is 5.41 Å². The summed E-state index contributed by atoms with van der Waals surface area (Å²) in [6.45, 7) is 4.90. The lowest BCUT2D eigenvalue weighted by Gasteiger charge is -2.34. The van der Waals surface area contributed by atoms with Crippen LogP contribution in [0.2, 0.25) is 0 Å². The number of hydrogen-bond donors (Lipinski definition) is 3. The molecule has 5 nitrogen and oxygen atoms in total. The van der Waals surface area contributed by atoms with Crippen LogP contribution in [0.15, 0.2) is 41.8 Å². The zero-order valence-electron chi connectivity index (χ0n) is 16.4. The molecule has 3 N–H and O–H groups in total. The molecule has 150 valence electrons. The van der Waals surface area contributed by atoms with Gasteiger partial charge < -0.3 is 16.0 Å². The van der Waals surface area contributed by atoms with Crippen molar-refractivity contribution in [2.45, 2.75) is 39.0 Å². The van der Waals surface area contributed by atoms with Crippen molar-refractivity contribution >= 4 is 28.8 Å². The highest BCUT2D eigenvalue weighted by atomic mass is 32.1. The van der Waals surface area contributed by atoms with Crippen LogP contribution in [-0.2, 0) is 11.2 Å². The number of aryl methyl sites for hydroxylation is 1. The number of hydrogen-bond acceptors (Lipinski definition) is 4. The van der Waals surface area contributed by atoms with E-state index in [4.69, 9.17) is 0 Å². The Morgan fingerprint density at radius 2 is 2.00 bits per heavy atom. The maximum atomic E-state index is 12.5. The summed E-state index contributed by atoms with van der Waals surface area (Å²) in [5, 5.41) is 11.4. The van der Waals surface area contributed by atoms with Crippen LogP contribution in [0.5, 0.6) is 0 Å². The Kier molecular flexibility index (Phi) is 7.23. The van der Waals surface area contributed by atoms with E-state index in [2.05, 4.69) is 34.3 Å². The zero-order valence-corrected chi connectivity index (χ0v) is 17.2. The number of carbonyl (C=O) groups excluding carboxylic acids is 2. The second kappa shape index (κ2) is 9.85. The van der Waals surface area contributed by atoms with Crippen LogP contribution in [0.3, 0.4) is 0 Å². The number of rotatable bonds is 8. The summed E-state index contributed by atoms with van der Waals surface area (Å²) >= 11 is 1.72. The summed E-state index contributed by atoms with van der Waals surface area (Å²) in [6.07, 6.45) is 4.34. The molecule has 0 radical (unpaired) electrons. The van der Waals surface area contributed by atoms with E-state index in [1.807, 2.05) is 18.2 Å². The summed E-state index contributed by atoms with van der Waals surface area (Å²) in [5.74, 6) is -0.107. The standard InChI is InChI=1S/C22H29N3O2S/c1-22(10-12-23-13-11-22)16-24-21(27)17-5-2-6-18(15-17)25-20(26)9-3-7-19-8-4-14-28-19/h2,4-6,8,14-15,23H,3,7,9-13,16H2,1H3,(H,24,27)(H,25,26). The van der Waals surface area contributed by atoms with Gasteiger partial charge in [0, 0.05) is 29.1 Å². The van der Waals surface area contributed by atoms with Crippen LogP contribution in [-0.4, -0.2) is 31.4 Å². The molecule has 28 heavy (non-hydrogen) atoms. The largest absolute Gasteiger partial charge is 0.351 e. The number of piperidine rings is 1. The molecule has 1 fully saturated rings. The fraction of sp³-hybridized carbons (Fsp3) is 0.455. The molecule has 1 aromatic heterocycles. The molecule has 1 aromatic carbocycles. The number of anilines is 1. The van der Waals surface area contributed by atoms with E-state index in [1.54, 1.807) is 23.5 Å². The van der Waals surface area contributed by atoms with Gasteiger partial charge in [0.15, 0.2) is 0 Å². The van der Waals surface area contributed by atoms with Gasteiger partial charge in [0.1, 0.15) is 0 Å². The second-order valence-corrected chi connectivity index (χ2v) is 8.84. The molecule has 0 saturated carbocycles. The van der Waals surface area contributed by atoms with Gasteiger partial charge in [0.05, 0.1) is 0 Å². The average Bonchev–Trinajstić information content (AvgIpc) is 3.20. The lowest BCUT2D eigenvalue weighted by atomic mass is 9.81. The quantitative estimate of drug-likeness (QED) is 0.632. The van der Waals surface area contributed by atoms with E-state index in [0.29, 0.717) is 24.2 Å². The van der Waals surface area contributed by atoms with E-state index < -0.39 is 0 Å². The van der Waals surface area contributed by atoms with Crippen molar-refractivity contribution in [2.24, 2.45) is 5.41 Å². The monoisotopic (exact) mass is 399 g/mol. The topological polar surface area (TPSA) is 70.2 Å².